The summed E-state index contributed by atoms with van der Waals surface area (Å²) in [5.41, 5.74) is 0.811. The van der Waals surface area contributed by atoms with Gasteiger partial charge in [0.2, 0.25) is 11.8 Å². The van der Waals surface area contributed by atoms with Crippen molar-refractivity contribution >= 4 is 23.2 Å². The number of likely N-dealkylation sites (tertiary alicyclic amines) is 1. The number of rotatable bonds is 5. The minimum absolute atomic E-state index is 0.0215. The van der Waals surface area contributed by atoms with Gasteiger partial charge in [-0.25, -0.2) is 0 Å². The lowest BCUT2D eigenvalue weighted by molar-refractivity contribution is -0.142. The van der Waals surface area contributed by atoms with Crippen LogP contribution in [0.5, 0.6) is 0 Å². The van der Waals surface area contributed by atoms with Crippen molar-refractivity contribution in [2.24, 2.45) is 0 Å². The van der Waals surface area contributed by atoms with E-state index in [9.17, 15) is 14.7 Å². The Morgan fingerprint density at radius 2 is 2.33 bits per heavy atom. The Morgan fingerprint density at radius 1 is 1.52 bits per heavy atom. The molecule has 2 N–H and O–H groups in total. The molecule has 2 atom stereocenters. The number of thiophene rings is 1. The first kappa shape index (κ1) is 16.0. The number of piperidine rings is 1. The summed E-state index contributed by atoms with van der Waals surface area (Å²) in [6.07, 6.45) is 2.33. The summed E-state index contributed by atoms with van der Waals surface area (Å²) in [6, 6.07) is 1.45. The van der Waals surface area contributed by atoms with E-state index in [2.05, 4.69) is 5.32 Å². The lowest BCUT2D eigenvalue weighted by atomic mass is 10.0. The molecule has 5 nitrogen and oxygen atoms in total. The van der Waals surface area contributed by atoms with Crippen LogP contribution < -0.4 is 5.32 Å². The van der Waals surface area contributed by atoms with Crippen LogP contribution in [0, 0.1) is 0 Å². The topological polar surface area (TPSA) is 69.6 Å². The summed E-state index contributed by atoms with van der Waals surface area (Å²) >= 11 is 1.51. The zero-order valence-electron chi connectivity index (χ0n) is 12.2. The lowest BCUT2D eigenvalue weighted by Gasteiger charge is -2.34. The van der Waals surface area contributed by atoms with Crippen LogP contribution >= 0.6 is 11.3 Å². The Morgan fingerprint density at radius 3 is 3.00 bits per heavy atom. The molecule has 1 aromatic heterocycles. The number of aliphatic hydroxyl groups excluding tert-OH is 1. The number of hydrogen-bond donors (Lipinski definition) is 2. The molecule has 1 saturated heterocycles. The normalized spacial score (nSPS) is 20.1. The molecule has 0 bridgehead atoms. The van der Waals surface area contributed by atoms with Crippen LogP contribution in [0.25, 0.3) is 0 Å². The Hall–Kier alpha value is -1.40. The van der Waals surface area contributed by atoms with Gasteiger partial charge in [-0.1, -0.05) is 6.92 Å². The van der Waals surface area contributed by atoms with E-state index in [-0.39, 0.29) is 24.4 Å². The van der Waals surface area contributed by atoms with Crippen molar-refractivity contribution < 1.29 is 14.7 Å². The fourth-order valence-electron chi connectivity index (χ4n) is 2.60. The quantitative estimate of drug-likeness (QED) is 0.869. The second-order valence-corrected chi connectivity index (χ2v) is 6.05. The van der Waals surface area contributed by atoms with E-state index < -0.39 is 6.10 Å². The first-order valence-electron chi connectivity index (χ1n) is 7.40. The van der Waals surface area contributed by atoms with Crippen LogP contribution in [0.1, 0.15) is 44.3 Å². The lowest BCUT2D eigenvalue weighted by Crippen LogP contribution is -2.52. The zero-order valence-corrected chi connectivity index (χ0v) is 13.1. The van der Waals surface area contributed by atoms with E-state index in [0.29, 0.717) is 19.4 Å². The maximum atomic E-state index is 12.3. The maximum Gasteiger partial charge on any atom is 0.242 e. The minimum Gasteiger partial charge on any atom is -0.387 e. The molecule has 1 aromatic rings. The average Bonchev–Trinajstić information content (AvgIpc) is 3.06. The molecule has 2 unspecified atom stereocenters. The van der Waals surface area contributed by atoms with Crippen LogP contribution in [0.4, 0.5) is 0 Å². The van der Waals surface area contributed by atoms with Crippen molar-refractivity contribution in [1.29, 1.82) is 0 Å². The summed E-state index contributed by atoms with van der Waals surface area (Å²) in [5.74, 6) is -0.140. The number of amides is 2. The molecule has 0 radical (unpaired) electrons. The SMILES string of the molecule is CCC(=O)N1CCCCC1C(=O)NCC(O)c1ccsc1. The molecular weight excluding hydrogens is 288 g/mol. The standard InChI is InChI=1S/C15H22N2O3S/c1-2-14(19)17-7-4-3-5-12(17)15(20)16-9-13(18)11-6-8-21-10-11/h6,8,10,12-13,18H,2-5,7,9H2,1H3,(H,16,20). The highest BCUT2D eigenvalue weighted by Crippen LogP contribution is 2.19. The van der Waals surface area contributed by atoms with Crippen molar-refractivity contribution in [2.75, 3.05) is 13.1 Å². The van der Waals surface area contributed by atoms with E-state index in [4.69, 9.17) is 0 Å². The van der Waals surface area contributed by atoms with Gasteiger partial charge in [0.1, 0.15) is 6.04 Å². The Labute approximate surface area is 129 Å². The Bertz CT molecular complexity index is 475. The molecule has 0 saturated carbocycles. The Kier molecular flexibility index (Phi) is 5.76. The molecule has 1 aliphatic heterocycles. The first-order chi connectivity index (χ1) is 10.1. The predicted molar refractivity (Wildman–Crippen MR) is 81.9 cm³/mol. The summed E-state index contributed by atoms with van der Waals surface area (Å²) in [7, 11) is 0. The fourth-order valence-corrected chi connectivity index (χ4v) is 3.31. The molecule has 116 valence electrons. The number of carbonyl (C=O) groups is 2. The fraction of sp³-hybridized carbons (Fsp3) is 0.600. The van der Waals surface area contributed by atoms with E-state index in [1.165, 1.54) is 11.3 Å². The smallest absolute Gasteiger partial charge is 0.242 e. The summed E-state index contributed by atoms with van der Waals surface area (Å²) in [6.45, 7) is 2.64. The van der Waals surface area contributed by atoms with E-state index >= 15 is 0 Å². The van der Waals surface area contributed by atoms with Crippen molar-refractivity contribution in [1.82, 2.24) is 10.2 Å². The molecule has 6 heteroatoms. The van der Waals surface area contributed by atoms with Crippen molar-refractivity contribution in [2.45, 2.75) is 44.8 Å². The molecule has 1 aliphatic rings. The van der Waals surface area contributed by atoms with Gasteiger partial charge in [0.05, 0.1) is 6.10 Å². The van der Waals surface area contributed by atoms with Gasteiger partial charge in [-0.15, -0.1) is 0 Å². The third kappa shape index (κ3) is 4.04. The molecule has 2 heterocycles. The van der Waals surface area contributed by atoms with Gasteiger partial charge in [-0.2, -0.15) is 11.3 Å². The van der Waals surface area contributed by atoms with Crippen LogP contribution in [0.15, 0.2) is 16.8 Å². The zero-order chi connectivity index (χ0) is 15.2. The highest BCUT2D eigenvalue weighted by atomic mass is 32.1. The molecule has 0 aromatic carbocycles. The molecule has 2 rings (SSSR count). The monoisotopic (exact) mass is 310 g/mol. The third-order valence-electron chi connectivity index (χ3n) is 3.83. The summed E-state index contributed by atoms with van der Waals surface area (Å²) < 4.78 is 0. The predicted octanol–water partition coefficient (Wildman–Crippen LogP) is 1.69. The van der Waals surface area contributed by atoms with Crippen molar-refractivity contribution in [3.63, 3.8) is 0 Å². The van der Waals surface area contributed by atoms with Gasteiger partial charge in [-0.3, -0.25) is 9.59 Å². The first-order valence-corrected chi connectivity index (χ1v) is 8.35. The molecule has 2 amide bonds. The largest absolute Gasteiger partial charge is 0.387 e. The van der Waals surface area contributed by atoms with E-state index in [0.717, 1.165) is 18.4 Å². The number of hydrogen-bond acceptors (Lipinski definition) is 4. The van der Waals surface area contributed by atoms with Crippen LogP contribution in [0.2, 0.25) is 0 Å². The van der Waals surface area contributed by atoms with Crippen LogP contribution in [-0.2, 0) is 9.59 Å². The van der Waals surface area contributed by atoms with Gasteiger partial charge in [-0.05, 0) is 41.7 Å². The average molecular weight is 310 g/mol. The van der Waals surface area contributed by atoms with Crippen molar-refractivity contribution in [3.05, 3.63) is 22.4 Å². The minimum atomic E-state index is -0.695. The number of nitrogens with zero attached hydrogens (tertiary/aromatic N) is 1. The molecule has 21 heavy (non-hydrogen) atoms. The molecule has 1 fully saturated rings. The molecular formula is C15H22N2O3S. The highest BCUT2D eigenvalue weighted by molar-refractivity contribution is 7.07. The van der Waals surface area contributed by atoms with E-state index in [1.54, 1.807) is 4.90 Å². The van der Waals surface area contributed by atoms with E-state index in [1.807, 2.05) is 23.8 Å². The Balaban J connectivity index is 1.90. The second-order valence-electron chi connectivity index (χ2n) is 5.27. The summed E-state index contributed by atoms with van der Waals surface area (Å²) in [4.78, 5) is 25.9. The third-order valence-corrected chi connectivity index (χ3v) is 4.53. The molecule has 0 aliphatic carbocycles. The number of carbonyl (C=O) groups excluding carboxylic acids is 2. The summed E-state index contributed by atoms with van der Waals surface area (Å²) in [5, 5.41) is 16.5. The second kappa shape index (κ2) is 7.56. The molecule has 0 spiro atoms. The van der Waals surface area contributed by atoms with Gasteiger partial charge in [0, 0.05) is 19.5 Å². The van der Waals surface area contributed by atoms with Gasteiger partial charge >= 0.3 is 0 Å². The van der Waals surface area contributed by atoms with Gasteiger partial charge < -0.3 is 15.3 Å². The van der Waals surface area contributed by atoms with Crippen LogP contribution in [-0.4, -0.2) is 41.0 Å². The van der Waals surface area contributed by atoms with Crippen LogP contribution in [0.3, 0.4) is 0 Å². The maximum absolute atomic E-state index is 12.3. The van der Waals surface area contributed by atoms with Crippen molar-refractivity contribution in [3.8, 4) is 0 Å². The highest BCUT2D eigenvalue weighted by Gasteiger charge is 2.31. The number of nitrogens with one attached hydrogen (secondary N) is 1. The van der Waals surface area contributed by atoms with Gasteiger partial charge in [0.15, 0.2) is 0 Å². The number of aliphatic hydroxyl groups is 1. The van der Waals surface area contributed by atoms with Gasteiger partial charge in [0.25, 0.3) is 0 Å².